The van der Waals surface area contributed by atoms with Crippen LogP contribution in [-0.2, 0) is 4.74 Å². The molecule has 1 fully saturated rings. The molecule has 0 spiro atoms. The molecular formula is C14H24N2O2S. The van der Waals surface area contributed by atoms with Crippen molar-refractivity contribution in [2.45, 2.75) is 45.0 Å². The molecule has 0 bridgehead atoms. The summed E-state index contributed by atoms with van der Waals surface area (Å²) >= 11 is 1.77. The van der Waals surface area contributed by atoms with E-state index in [4.69, 9.17) is 10.5 Å². The van der Waals surface area contributed by atoms with E-state index in [1.54, 1.807) is 11.3 Å². The summed E-state index contributed by atoms with van der Waals surface area (Å²) in [7, 11) is 0. The van der Waals surface area contributed by atoms with Crippen molar-refractivity contribution >= 4 is 11.3 Å². The second kappa shape index (κ2) is 6.33. The lowest BCUT2D eigenvalue weighted by molar-refractivity contribution is -0.0937. The Morgan fingerprint density at radius 2 is 2.37 bits per heavy atom. The van der Waals surface area contributed by atoms with Gasteiger partial charge in [-0.3, -0.25) is 4.90 Å². The predicted molar refractivity (Wildman–Crippen MR) is 78.4 cm³/mol. The van der Waals surface area contributed by atoms with Crippen LogP contribution >= 0.6 is 11.3 Å². The van der Waals surface area contributed by atoms with E-state index in [2.05, 4.69) is 37.1 Å². The second-order valence-corrected chi connectivity index (χ2v) is 6.40. The van der Waals surface area contributed by atoms with Gasteiger partial charge in [0.05, 0.1) is 25.4 Å². The average Bonchev–Trinajstić information content (AvgIpc) is 2.78. The molecule has 1 saturated heterocycles. The highest BCUT2D eigenvalue weighted by atomic mass is 32.1. The third-order valence-electron chi connectivity index (χ3n) is 3.78. The van der Waals surface area contributed by atoms with Gasteiger partial charge in [0.2, 0.25) is 0 Å². The molecule has 0 aliphatic carbocycles. The Labute approximate surface area is 119 Å². The van der Waals surface area contributed by atoms with Crippen molar-refractivity contribution in [2.75, 3.05) is 19.8 Å². The number of hydrogen-bond acceptors (Lipinski definition) is 5. The van der Waals surface area contributed by atoms with E-state index in [0.29, 0.717) is 12.6 Å². The van der Waals surface area contributed by atoms with Crippen LogP contribution in [0.4, 0.5) is 0 Å². The van der Waals surface area contributed by atoms with E-state index in [-0.39, 0.29) is 24.8 Å². The second-order valence-electron chi connectivity index (χ2n) is 5.46. The van der Waals surface area contributed by atoms with Gasteiger partial charge in [-0.15, -0.1) is 11.3 Å². The van der Waals surface area contributed by atoms with Crippen molar-refractivity contribution < 1.29 is 9.84 Å². The molecule has 0 radical (unpaired) electrons. The van der Waals surface area contributed by atoms with Crippen LogP contribution in [0.1, 0.15) is 30.3 Å². The molecule has 1 aliphatic rings. The maximum absolute atomic E-state index is 9.32. The molecule has 0 amide bonds. The minimum atomic E-state index is -0.0993. The minimum absolute atomic E-state index is 0.0530. The van der Waals surface area contributed by atoms with Crippen molar-refractivity contribution in [3.63, 3.8) is 0 Å². The zero-order valence-electron chi connectivity index (χ0n) is 11.9. The van der Waals surface area contributed by atoms with E-state index < -0.39 is 0 Å². The maximum atomic E-state index is 9.32. The fraction of sp³-hybridized carbons (Fsp3) is 0.714. The van der Waals surface area contributed by atoms with Gasteiger partial charge in [-0.2, -0.15) is 0 Å². The van der Waals surface area contributed by atoms with Crippen molar-refractivity contribution in [3.05, 3.63) is 21.9 Å². The molecular weight excluding hydrogens is 260 g/mol. The number of aliphatic hydroxyl groups excluding tert-OH is 1. The first-order valence-electron chi connectivity index (χ1n) is 6.82. The summed E-state index contributed by atoms with van der Waals surface area (Å²) in [5.41, 5.74) is 7.54. The highest BCUT2D eigenvalue weighted by Gasteiger charge is 2.34. The number of ether oxygens (including phenoxy) is 1. The first-order valence-corrected chi connectivity index (χ1v) is 7.70. The fourth-order valence-electron chi connectivity index (χ4n) is 2.72. The van der Waals surface area contributed by atoms with Gasteiger partial charge in [-0.25, -0.2) is 0 Å². The zero-order chi connectivity index (χ0) is 14.0. The molecule has 5 heteroatoms. The first kappa shape index (κ1) is 14.9. The monoisotopic (exact) mass is 284 g/mol. The van der Waals surface area contributed by atoms with E-state index in [1.807, 2.05) is 0 Å². The van der Waals surface area contributed by atoms with Crippen molar-refractivity contribution in [1.29, 1.82) is 0 Å². The largest absolute Gasteiger partial charge is 0.394 e. The molecule has 4 unspecified atom stereocenters. The molecule has 108 valence electrons. The third kappa shape index (κ3) is 3.17. The topological polar surface area (TPSA) is 58.7 Å². The summed E-state index contributed by atoms with van der Waals surface area (Å²) in [5, 5.41) is 11.4. The van der Waals surface area contributed by atoms with Crippen LogP contribution < -0.4 is 5.73 Å². The highest BCUT2D eigenvalue weighted by Crippen LogP contribution is 2.33. The summed E-state index contributed by atoms with van der Waals surface area (Å²) in [4.78, 5) is 3.72. The Balaban J connectivity index is 2.25. The third-order valence-corrected chi connectivity index (χ3v) is 4.87. The van der Waals surface area contributed by atoms with Crippen LogP contribution in [0.3, 0.4) is 0 Å². The Morgan fingerprint density at radius 3 is 2.89 bits per heavy atom. The minimum Gasteiger partial charge on any atom is -0.394 e. The molecule has 3 N–H and O–H groups in total. The van der Waals surface area contributed by atoms with E-state index in [9.17, 15) is 5.11 Å². The van der Waals surface area contributed by atoms with Gasteiger partial charge in [0.25, 0.3) is 0 Å². The molecule has 2 heterocycles. The van der Waals surface area contributed by atoms with Crippen molar-refractivity contribution in [1.82, 2.24) is 4.90 Å². The SMILES string of the molecule is Cc1ccsc1C(C(C)N)N1CC(CO)OCC1C. The summed E-state index contributed by atoms with van der Waals surface area (Å²) in [6, 6.07) is 2.72. The number of aryl methyl sites for hydroxylation is 1. The lowest BCUT2D eigenvalue weighted by Gasteiger charge is -2.43. The first-order chi connectivity index (χ1) is 9.04. The lowest BCUT2D eigenvalue weighted by Crippen LogP contribution is -2.53. The van der Waals surface area contributed by atoms with Crippen LogP contribution in [0.2, 0.25) is 0 Å². The summed E-state index contributed by atoms with van der Waals surface area (Å²) in [6.07, 6.45) is -0.0993. The Kier molecular flexibility index (Phi) is 4.97. The number of nitrogens with two attached hydrogens (primary N) is 1. The Hall–Kier alpha value is -0.460. The van der Waals surface area contributed by atoms with Crippen LogP contribution in [0, 0.1) is 6.92 Å². The Morgan fingerprint density at radius 1 is 1.63 bits per heavy atom. The summed E-state index contributed by atoms with van der Waals surface area (Å²) in [6.45, 7) is 7.81. The van der Waals surface area contributed by atoms with Gasteiger partial charge >= 0.3 is 0 Å². The lowest BCUT2D eigenvalue weighted by atomic mass is 10.0. The van der Waals surface area contributed by atoms with Gasteiger partial charge in [-0.1, -0.05) is 0 Å². The van der Waals surface area contributed by atoms with E-state index >= 15 is 0 Å². The van der Waals surface area contributed by atoms with E-state index in [1.165, 1.54) is 10.4 Å². The standard InChI is InChI=1S/C14H24N2O2S/c1-9-4-5-19-14(9)13(11(3)15)16-6-12(7-17)18-8-10(16)2/h4-5,10-13,17H,6-8,15H2,1-3H3. The predicted octanol–water partition coefficient (Wildman–Crippen LogP) is 1.53. The van der Waals surface area contributed by atoms with Gasteiger partial charge in [0, 0.05) is 23.5 Å². The fourth-order valence-corrected chi connectivity index (χ4v) is 3.88. The number of aliphatic hydroxyl groups is 1. The van der Waals surface area contributed by atoms with Crippen LogP contribution in [0.5, 0.6) is 0 Å². The zero-order valence-corrected chi connectivity index (χ0v) is 12.7. The summed E-state index contributed by atoms with van der Waals surface area (Å²) in [5.74, 6) is 0. The molecule has 2 rings (SSSR count). The maximum Gasteiger partial charge on any atom is 0.0933 e. The van der Waals surface area contributed by atoms with Gasteiger partial charge in [-0.05, 0) is 37.8 Å². The van der Waals surface area contributed by atoms with Gasteiger partial charge in [0.15, 0.2) is 0 Å². The molecule has 19 heavy (non-hydrogen) atoms. The molecule has 1 aliphatic heterocycles. The van der Waals surface area contributed by atoms with Crippen LogP contribution in [0.15, 0.2) is 11.4 Å². The van der Waals surface area contributed by atoms with Crippen LogP contribution in [-0.4, -0.2) is 48.0 Å². The molecule has 4 atom stereocenters. The number of morpholine rings is 1. The molecule has 0 aromatic carbocycles. The summed E-state index contributed by atoms with van der Waals surface area (Å²) < 4.78 is 5.62. The molecule has 4 nitrogen and oxygen atoms in total. The number of thiophene rings is 1. The molecule has 1 aromatic heterocycles. The highest BCUT2D eigenvalue weighted by molar-refractivity contribution is 7.10. The van der Waals surface area contributed by atoms with Crippen molar-refractivity contribution in [3.8, 4) is 0 Å². The smallest absolute Gasteiger partial charge is 0.0933 e. The van der Waals surface area contributed by atoms with Crippen LogP contribution in [0.25, 0.3) is 0 Å². The Bertz CT molecular complexity index is 408. The van der Waals surface area contributed by atoms with Gasteiger partial charge in [0.1, 0.15) is 0 Å². The number of hydrogen-bond donors (Lipinski definition) is 2. The quantitative estimate of drug-likeness (QED) is 0.880. The number of rotatable bonds is 4. The average molecular weight is 284 g/mol. The molecule has 1 aromatic rings. The molecule has 0 saturated carbocycles. The van der Waals surface area contributed by atoms with E-state index in [0.717, 1.165) is 6.54 Å². The number of nitrogens with zero attached hydrogens (tertiary/aromatic N) is 1. The van der Waals surface area contributed by atoms with Gasteiger partial charge < -0.3 is 15.6 Å². The normalized spacial score (nSPS) is 28.3. The van der Waals surface area contributed by atoms with Crippen molar-refractivity contribution in [2.24, 2.45) is 5.73 Å².